The molecule has 10 nitrogen and oxygen atoms in total. The summed E-state index contributed by atoms with van der Waals surface area (Å²) < 4.78 is 46.1. The van der Waals surface area contributed by atoms with Gasteiger partial charge in [-0.15, -0.1) is 0 Å². The van der Waals surface area contributed by atoms with Crippen LogP contribution in [0.3, 0.4) is 0 Å². The molecule has 3 aromatic carbocycles. The van der Waals surface area contributed by atoms with Crippen molar-refractivity contribution in [2.45, 2.75) is 45.4 Å². The minimum Gasteiger partial charge on any atom is -0.480 e. The van der Waals surface area contributed by atoms with E-state index in [4.69, 9.17) is 18.9 Å². The van der Waals surface area contributed by atoms with Gasteiger partial charge < -0.3 is 29.4 Å². The van der Waals surface area contributed by atoms with E-state index in [-0.39, 0.29) is 37.2 Å². The van der Waals surface area contributed by atoms with E-state index in [1.165, 1.54) is 0 Å². The summed E-state index contributed by atoms with van der Waals surface area (Å²) in [5.74, 6) is -0.860. The molecular formula is C32H37NO9S. The molecule has 2 atom stereocenters. The predicted molar refractivity (Wildman–Crippen MR) is 161 cm³/mol. The molecule has 2 N–H and O–H groups in total. The number of carboxylic acid groups (broad SMARTS) is 1. The van der Waals surface area contributed by atoms with Crippen molar-refractivity contribution >= 4 is 21.7 Å². The summed E-state index contributed by atoms with van der Waals surface area (Å²) in [5, 5.41) is 12.1. The molecule has 0 aliphatic carbocycles. The van der Waals surface area contributed by atoms with Crippen molar-refractivity contribution in [2.24, 2.45) is 0 Å². The minimum absolute atomic E-state index is 0.201. The smallest absolute Gasteiger partial charge is 0.326 e. The second-order valence-corrected chi connectivity index (χ2v) is 12.7. The van der Waals surface area contributed by atoms with Crippen LogP contribution in [0.4, 0.5) is 0 Å². The maximum atomic E-state index is 13.4. The first-order valence-electron chi connectivity index (χ1n) is 14.0. The summed E-state index contributed by atoms with van der Waals surface area (Å²) in [4.78, 5) is 25.2. The third kappa shape index (κ3) is 9.03. The van der Waals surface area contributed by atoms with Crippen LogP contribution in [-0.2, 0) is 37.1 Å². The van der Waals surface area contributed by atoms with Crippen LogP contribution in [0.5, 0.6) is 11.5 Å². The van der Waals surface area contributed by atoms with Crippen molar-refractivity contribution in [3.8, 4) is 22.6 Å². The quantitative estimate of drug-likeness (QED) is 0.259. The summed E-state index contributed by atoms with van der Waals surface area (Å²) in [7, 11) is -3.41. The molecule has 0 saturated carbocycles. The number of ether oxygens (including phenoxy) is 4. The van der Waals surface area contributed by atoms with Gasteiger partial charge in [0.15, 0.2) is 11.5 Å². The number of aryl methyl sites for hydroxylation is 1. The summed E-state index contributed by atoms with van der Waals surface area (Å²) in [6.07, 6.45) is 1.12. The molecule has 0 radical (unpaired) electrons. The van der Waals surface area contributed by atoms with Gasteiger partial charge in [-0.25, -0.2) is 13.2 Å². The van der Waals surface area contributed by atoms with Crippen molar-refractivity contribution < 1.29 is 42.1 Å². The molecular weight excluding hydrogens is 574 g/mol. The fourth-order valence-electron chi connectivity index (χ4n) is 4.76. The van der Waals surface area contributed by atoms with Gasteiger partial charge in [-0.3, -0.25) is 4.79 Å². The van der Waals surface area contributed by atoms with Gasteiger partial charge >= 0.3 is 5.97 Å². The van der Waals surface area contributed by atoms with Gasteiger partial charge in [0.25, 0.3) is 5.91 Å². The second-order valence-electron chi connectivity index (χ2n) is 10.5. The zero-order valence-corrected chi connectivity index (χ0v) is 25.3. The van der Waals surface area contributed by atoms with Crippen LogP contribution in [-0.4, -0.2) is 69.6 Å². The zero-order chi connectivity index (χ0) is 31.0. The van der Waals surface area contributed by atoms with E-state index in [1.807, 2.05) is 62.4 Å². The number of rotatable bonds is 15. The average Bonchev–Trinajstić information content (AvgIpc) is 3.44. The number of carboxylic acids is 1. The molecule has 1 amide bonds. The number of hydrogen-bond acceptors (Lipinski definition) is 8. The van der Waals surface area contributed by atoms with Gasteiger partial charge in [0.1, 0.15) is 15.9 Å². The largest absolute Gasteiger partial charge is 0.480 e. The van der Waals surface area contributed by atoms with Crippen molar-refractivity contribution in [1.82, 2.24) is 5.32 Å². The van der Waals surface area contributed by atoms with E-state index < -0.39 is 27.8 Å². The predicted octanol–water partition coefficient (Wildman–Crippen LogP) is 4.17. The molecule has 0 spiro atoms. The highest BCUT2D eigenvalue weighted by Crippen LogP contribution is 2.33. The van der Waals surface area contributed by atoms with Crippen molar-refractivity contribution in [3.63, 3.8) is 0 Å². The van der Waals surface area contributed by atoms with E-state index in [1.54, 1.807) is 12.1 Å². The molecule has 1 aliphatic rings. The molecule has 0 bridgehead atoms. The number of carbonyl (C=O) groups is 2. The van der Waals surface area contributed by atoms with Crippen LogP contribution < -0.4 is 14.8 Å². The Bertz CT molecular complexity index is 1550. The topological polar surface area (TPSA) is 137 Å². The third-order valence-electron chi connectivity index (χ3n) is 7.04. The van der Waals surface area contributed by atoms with Gasteiger partial charge in [0.05, 0.1) is 25.1 Å². The highest BCUT2D eigenvalue weighted by molar-refractivity contribution is 7.90. The first-order chi connectivity index (χ1) is 20.5. The highest BCUT2D eigenvalue weighted by atomic mass is 32.2. The molecule has 4 rings (SSSR count). The summed E-state index contributed by atoms with van der Waals surface area (Å²) in [6.45, 7) is 5.23. The Kier molecular flexibility index (Phi) is 10.8. The zero-order valence-electron chi connectivity index (χ0n) is 24.5. The summed E-state index contributed by atoms with van der Waals surface area (Å²) in [6, 6.07) is 17.3. The van der Waals surface area contributed by atoms with Gasteiger partial charge in [-0.2, -0.15) is 0 Å². The van der Waals surface area contributed by atoms with E-state index >= 15 is 0 Å². The maximum absolute atomic E-state index is 13.4. The standard InChI is InChI=1S/C32H37NO9S/c1-4-39-19-24(15-22-10-12-29-30(17-22)42-20-41-29)40-18-23-9-11-26(27(16-23)25-8-6-5-7-21(25)2)31(34)33-28(32(35)36)13-14-43(3,37)38/h5-12,16-17,24,28H,4,13-15,18-20H2,1-3H3,(H,33,34)(H,35,36)/t24-,28+/m1/s1. The maximum Gasteiger partial charge on any atom is 0.326 e. The van der Waals surface area contributed by atoms with Crippen LogP contribution in [0.15, 0.2) is 60.7 Å². The summed E-state index contributed by atoms with van der Waals surface area (Å²) in [5.41, 5.74) is 4.46. The van der Waals surface area contributed by atoms with E-state index in [2.05, 4.69) is 5.32 Å². The highest BCUT2D eigenvalue weighted by Gasteiger charge is 2.24. The number of fused-ring (bicyclic) bond motifs is 1. The van der Waals surface area contributed by atoms with Crippen molar-refractivity contribution in [3.05, 3.63) is 82.9 Å². The number of benzene rings is 3. The van der Waals surface area contributed by atoms with Crippen molar-refractivity contribution in [1.29, 1.82) is 0 Å². The molecule has 43 heavy (non-hydrogen) atoms. The molecule has 0 saturated heterocycles. The Morgan fingerprint density at radius 1 is 1.00 bits per heavy atom. The summed E-state index contributed by atoms with van der Waals surface area (Å²) >= 11 is 0. The Hall–Kier alpha value is -3.93. The molecule has 1 aliphatic heterocycles. The number of hydrogen-bond donors (Lipinski definition) is 2. The lowest BCUT2D eigenvalue weighted by Gasteiger charge is -2.20. The third-order valence-corrected chi connectivity index (χ3v) is 8.02. The number of nitrogens with one attached hydrogen (secondary N) is 1. The fourth-order valence-corrected chi connectivity index (χ4v) is 5.43. The molecule has 0 unspecified atom stereocenters. The first kappa shape index (κ1) is 32.0. The van der Waals surface area contributed by atoms with Crippen LogP contribution in [0.25, 0.3) is 11.1 Å². The van der Waals surface area contributed by atoms with Crippen LogP contribution in [0, 0.1) is 6.92 Å². The van der Waals surface area contributed by atoms with E-state index in [9.17, 15) is 23.1 Å². The first-order valence-corrected chi connectivity index (χ1v) is 16.1. The van der Waals surface area contributed by atoms with E-state index in [0.717, 1.165) is 28.5 Å². The SMILES string of the molecule is CCOC[C@@H](Cc1ccc2c(c1)OCO2)OCc1ccc(C(=O)N[C@@H](CCS(C)(=O)=O)C(=O)O)c(-c2ccccc2C)c1. The Morgan fingerprint density at radius 2 is 1.74 bits per heavy atom. The fraction of sp³-hybridized carbons (Fsp3) is 0.375. The number of sulfone groups is 1. The Morgan fingerprint density at radius 3 is 2.47 bits per heavy atom. The number of amides is 1. The monoisotopic (exact) mass is 611 g/mol. The lowest BCUT2D eigenvalue weighted by Crippen LogP contribution is -2.42. The van der Waals surface area contributed by atoms with Crippen LogP contribution >= 0.6 is 0 Å². The van der Waals surface area contributed by atoms with E-state index in [0.29, 0.717) is 36.7 Å². The average molecular weight is 612 g/mol. The van der Waals surface area contributed by atoms with Crippen molar-refractivity contribution in [2.75, 3.05) is 32.0 Å². The van der Waals surface area contributed by atoms with Crippen LogP contribution in [0.1, 0.15) is 40.4 Å². The normalized spacial score (nSPS) is 13.8. The lowest BCUT2D eigenvalue weighted by molar-refractivity contribution is -0.139. The molecule has 0 aromatic heterocycles. The van der Waals surface area contributed by atoms with Gasteiger partial charge in [-0.05, 0) is 72.4 Å². The second kappa shape index (κ2) is 14.5. The number of carbonyl (C=O) groups excluding carboxylic acids is 1. The molecule has 230 valence electrons. The number of aliphatic carboxylic acids is 1. The molecule has 11 heteroatoms. The van der Waals surface area contributed by atoms with Gasteiger partial charge in [0.2, 0.25) is 6.79 Å². The van der Waals surface area contributed by atoms with Crippen LogP contribution in [0.2, 0.25) is 0 Å². The molecule has 3 aromatic rings. The Labute approximate surface area is 251 Å². The lowest BCUT2D eigenvalue weighted by atomic mass is 9.93. The minimum atomic E-state index is -3.41. The van der Waals surface area contributed by atoms with Gasteiger partial charge in [-0.1, -0.05) is 36.4 Å². The molecule has 0 fully saturated rings. The Balaban J connectivity index is 1.56. The molecule has 1 heterocycles. The van der Waals surface area contributed by atoms with Gasteiger partial charge in [0, 0.05) is 24.8 Å².